The van der Waals surface area contributed by atoms with Crippen molar-refractivity contribution in [2.45, 2.75) is 54.4 Å². The number of amidine groups is 1. The van der Waals surface area contributed by atoms with Crippen LogP contribution in [0.25, 0.3) is 0 Å². The summed E-state index contributed by atoms with van der Waals surface area (Å²) in [6, 6.07) is 0. The number of nitrogens with zero attached hydrogens (tertiary/aromatic N) is 2. The second-order valence-electron chi connectivity index (χ2n) is 5.96. The average molecular weight is 316 g/mol. The van der Waals surface area contributed by atoms with E-state index in [2.05, 4.69) is 76.1 Å². The molecule has 128 valence electrons. The zero-order chi connectivity index (χ0) is 17.2. The maximum Gasteiger partial charge on any atom is 0.121 e. The lowest BCUT2D eigenvalue weighted by atomic mass is 10.0. The lowest BCUT2D eigenvalue weighted by Crippen LogP contribution is -2.39. The fourth-order valence-electron chi connectivity index (χ4n) is 2.64. The van der Waals surface area contributed by atoms with Gasteiger partial charge in [0.1, 0.15) is 5.84 Å². The second kappa shape index (κ2) is 10.2. The largest absolute Gasteiger partial charge is 0.343 e. The molecule has 3 nitrogen and oxygen atoms in total. The normalized spacial score (nSPS) is 18.1. The highest BCUT2D eigenvalue weighted by molar-refractivity contribution is 5.89. The van der Waals surface area contributed by atoms with Crippen LogP contribution in [0.3, 0.4) is 0 Å². The zero-order valence-corrected chi connectivity index (χ0v) is 15.7. The maximum atomic E-state index is 4.91. The molecule has 0 atom stereocenters. The average Bonchev–Trinajstić information content (AvgIpc) is 2.55. The van der Waals surface area contributed by atoms with E-state index in [1.807, 2.05) is 0 Å². The predicted octanol–water partition coefficient (Wildman–Crippen LogP) is 4.81. The standard InChI is InChI=1S/C20H33N3/c1-7-11-14-23(13-9-3)15-19-21-18(12-8-2)17(6)20(22-19)16(5)10-4/h7,10-12H,8-9,13-15H2,1-6H3,(H,21,22)/b11-7+,16-10-,18-12+. The zero-order valence-electron chi connectivity index (χ0n) is 15.7. The van der Waals surface area contributed by atoms with Gasteiger partial charge in [0.25, 0.3) is 0 Å². The molecule has 0 saturated carbocycles. The van der Waals surface area contributed by atoms with Crippen molar-refractivity contribution in [2.75, 3.05) is 19.6 Å². The van der Waals surface area contributed by atoms with Gasteiger partial charge in [-0.3, -0.25) is 4.90 Å². The summed E-state index contributed by atoms with van der Waals surface area (Å²) >= 11 is 0. The molecule has 0 saturated heterocycles. The van der Waals surface area contributed by atoms with Crippen LogP contribution in [0.1, 0.15) is 54.4 Å². The van der Waals surface area contributed by atoms with Gasteiger partial charge in [0, 0.05) is 12.2 Å². The van der Waals surface area contributed by atoms with Crippen LogP contribution in [0.4, 0.5) is 0 Å². The summed E-state index contributed by atoms with van der Waals surface area (Å²) in [5, 5.41) is 3.54. The Morgan fingerprint density at radius 2 is 2.00 bits per heavy atom. The van der Waals surface area contributed by atoms with Gasteiger partial charge < -0.3 is 5.32 Å². The van der Waals surface area contributed by atoms with Gasteiger partial charge in [0.05, 0.1) is 12.2 Å². The molecule has 0 aromatic carbocycles. The van der Waals surface area contributed by atoms with E-state index in [1.165, 1.54) is 16.8 Å². The Morgan fingerprint density at radius 1 is 1.26 bits per heavy atom. The molecule has 0 unspecified atom stereocenters. The Bertz CT molecular complexity index is 533. The minimum absolute atomic E-state index is 0.854. The first-order valence-electron chi connectivity index (χ1n) is 8.80. The first kappa shape index (κ1) is 19.4. The molecule has 0 aliphatic carbocycles. The molecule has 23 heavy (non-hydrogen) atoms. The number of hydrogen-bond donors (Lipinski definition) is 1. The quantitative estimate of drug-likeness (QED) is 0.651. The number of aliphatic imine (C=N–C) groups is 1. The molecule has 1 aliphatic heterocycles. The summed E-state index contributed by atoms with van der Waals surface area (Å²) in [7, 11) is 0. The Hall–Kier alpha value is -1.61. The van der Waals surface area contributed by atoms with Crippen LogP contribution in [0, 0.1) is 0 Å². The van der Waals surface area contributed by atoms with Crippen molar-refractivity contribution >= 4 is 5.84 Å². The molecule has 1 aliphatic rings. The summed E-state index contributed by atoms with van der Waals surface area (Å²) in [5.41, 5.74) is 4.79. The van der Waals surface area contributed by atoms with Crippen molar-refractivity contribution in [1.82, 2.24) is 10.2 Å². The smallest absolute Gasteiger partial charge is 0.121 e. The van der Waals surface area contributed by atoms with Crippen molar-refractivity contribution in [3.63, 3.8) is 0 Å². The van der Waals surface area contributed by atoms with Gasteiger partial charge in [0.2, 0.25) is 0 Å². The van der Waals surface area contributed by atoms with Crippen LogP contribution in [-0.4, -0.2) is 30.4 Å². The topological polar surface area (TPSA) is 27.6 Å². The van der Waals surface area contributed by atoms with Gasteiger partial charge >= 0.3 is 0 Å². The molecular formula is C20H33N3. The summed E-state index contributed by atoms with van der Waals surface area (Å²) in [6.45, 7) is 15.7. The summed E-state index contributed by atoms with van der Waals surface area (Å²) in [5.74, 6) is 1.05. The molecule has 0 fully saturated rings. The molecule has 0 amide bonds. The highest BCUT2D eigenvalue weighted by Crippen LogP contribution is 2.24. The third-order valence-corrected chi connectivity index (χ3v) is 4.01. The van der Waals surface area contributed by atoms with E-state index in [0.29, 0.717) is 0 Å². The predicted molar refractivity (Wildman–Crippen MR) is 103 cm³/mol. The van der Waals surface area contributed by atoms with E-state index < -0.39 is 0 Å². The molecule has 0 spiro atoms. The Labute approximate surface area is 142 Å². The van der Waals surface area contributed by atoms with Gasteiger partial charge in [-0.05, 0) is 58.2 Å². The highest BCUT2D eigenvalue weighted by Gasteiger charge is 2.18. The van der Waals surface area contributed by atoms with Gasteiger partial charge in [0.15, 0.2) is 0 Å². The molecule has 0 bridgehead atoms. The van der Waals surface area contributed by atoms with Gasteiger partial charge in [-0.2, -0.15) is 0 Å². The van der Waals surface area contributed by atoms with E-state index in [1.54, 1.807) is 0 Å². The van der Waals surface area contributed by atoms with E-state index >= 15 is 0 Å². The number of nitrogens with one attached hydrogen (secondary N) is 1. The molecule has 1 rings (SSSR count). The van der Waals surface area contributed by atoms with Gasteiger partial charge in [-0.1, -0.05) is 38.2 Å². The SMILES string of the molecule is C/C=C(/C)C1=C(C)/C(=C\CC)NC(CN(C/C=C/C)CCC)=N1. The maximum absolute atomic E-state index is 4.91. The molecule has 3 heteroatoms. The Morgan fingerprint density at radius 3 is 2.57 bits per heavy atom. The number of rotatable bonds is 8. The highest BCUT2D eigenvalue weighted by atomic mass is 15.2. The lowest BCUT2D eigenvalue weighted by molar-refractivity contribution is 0.342. The van der Waals surface area contributed by atoms with E-state index in [4.69, 9.17) is 4.99 Å². The first-order valence-corrected chi connectivity index (χ1v) is 8.80. The van der Waals surface area contributed by atoms with Crippen molar-refractivity contribution < 1.29 is 0 Å². The fraction of sp³-hybridized carbons (Fsp3) is 0.550. The lowest BCUT2D eigenvalue weighted by Gasteiger charge is -2.27. The second-order valence-corrected chi connectivity index (χ2v) is 5.96. The van der Waals surface area contributed by atoms with Crippen molar-refractivity contribution in [3.8, 4) is 0 Å². The first-order chi connectivity index (χ1) is 11.1. The number of allylic oxidation sites excluding steroid dienone is 5. The number of hydrogen-bond acceptors (Lipinski definition) is 3. The summed E-state index contributed by atoms with van der Waals surface area (Å²) in [4.78, 5) is 7.34. The Kier molecular flexibility index (Phi) is 8.64. The van der Waals surface area contributed by atoms with Crippen LogP contribution in [-0.2, 0) is 0 Å². The van der Waals surface area contributed by atoms with Crippen LogP contribution in [0.2, 0.25) is 0 Å². The third-order valence-electron chi connectivity index (χ3n) is 4.01. The van der Waals surface area contributed by atoms with Crippen molar-refractivity contribution in [2.24, 2.45) is 4.99 Å². The van der Waals surface area contributed by atoms with Crippen LogP contribution >= 0.6 is 0 Å². The molecular weight excluding hydrogens is 282 g/mol. The Balaban J connectivity index is 3.07. The minimum Gasteiger partial charge on any atom is -0.343 e. The molecule has 0 aromatic rings. The van der Waals surface area contributed by atoms with Crippen molar-refractivity contribution in [1.29, 1.82) is 0 Å². The minimum atomic E-state index is 0.854. The molecule has 1 N–H and O–H groups in total. The van der Waals surface area contributed by atoms with Gasteiger partial charge in [-0.25, -0.2) is 4.99 Å². The fourth-order valence-corrected chi connectivity index (χ4v) is 2.64. The monoisotopic (exact) mass is 315 g/mol. The van der Waals surface area contributed by atoms with Crippen LogP contribution in [0.15, 0.2) is 51.8 Å². The van der Waals surface area contributed by atoms with E-state index in [-0.39, 0.29) is 0 Å². The van der Waals surface area contributed by atoms with Crippen molar-refractivity contribution in [3.05, 3.63) is 46.8 Å². The molecule has 0 radical (unpaired) electrons. The van der Waals surface area contributed by atoms with Crippen LogP contribution < -0.4 is 5.32 Å². The summed E-state index contributed by atoms with van der Waals surface area (Å²) < 4.78 is 0. The molecule has 1 heterocycles. The van der Waals surface area contributed by atoms with E-state index in [9.17, 15) is 0 Å². The molecule has 0 aromatic heterocycles. The summed E-state index contributed by atoms with van der Waals surface area (Å²) in [6.07, 6.45) is 10.9. The third kappa shape index (κ3) is 5.83. The van der Waals surface area contributed by atoms with Crippen LogP contribution in [0.5, 0.6) is 0 Å². The van der Waals surface area contributed by atoms with E-state index in [0.717, 1.165) is 44.0 Å². The van der Waals surface area contributed by atoms with Gasteiger partial charge in [-0.15, -0.1) is 0 Å².